The molecule has 130 valence electrons. The Labute approximate surface area is 151 Å². The van der Waals surface area contributed by atoms with Gasteiger partial charge in [0.1, 0.15) is 5.75 Å². The number of halogens is 1. The molecule has 0 radical (unpaired) electrons. The Morgan fingerprint density at radius 2 is 1.88 bits per heavy atom. The van der Waals surface area contributed by atoms with Crippen molar-refractivity contribution < 1.29 is 24.3 Å². The van der Waals surface area contributed by atoms with Gasteiger partial charge in [0.15, 0.2) is 11.5 Å². The number of ketones is 1. The van der Waals surface area contributed by atoms with Crippen molar-refractivity contribution in [3.63, 3.8) is 0 Å². The zero-order valence-corrected chi connectivity index (χ0v) is 14.9. The van der Waals surface area contributed by atoms with E-state index in [9.17, 15) is 20.0 Å². The van der Waals surface area contributed by atoms with E-state index in [4.69, 9.17) is 9.47 Å². The zero-order valence-electron chi connectivity index (χ0n) is 13.4. The second-order valence-electron chi connectivity index (χ2n) is 4.89. The molecule has 25 heavy (non-hydrogen) atoms. The van der Waals surface area contributed by atoms with Crippen LogP contribution in [0, 0.1) is 10.1 Å². The molecule has 7 nitrogen and oxygen atoms in total. The predicted octanol–water partition coefficient (Wildman–Crippen LogP) is 3.98. The highest BCUT2D eigenvalue weighted by atomic mass is 79.9. The van der Waals surface area contributed by atoms with E-state index in [1.54, 1.807) is 18.2 Å². The first kappa shape index (κ1) is 18.5. The summed E-state index contributed by atoms with van der Waals surface area (Å²) in [6, 6.07) is 7.43. The fourth-order valence-electron chi connectivity index (χ4n) is 2.09. The number of ether oxygens (including phenoxy) is 2. The number of methoxy groups -OCH3 is 2. The van der Waals surface area contributed by atoms with Crippen LogP contribution in [0.5, 0.6) is 17.2 Å². The number of benzene rings is 2. The molecule has 0 aliphatic carbocycles. The number of carbonyl (C=O) groups is 1. The van der Waals surface area contributed by atoms with Gasteiger partial charge in [0, 0.05) is 11.6 Å². The van der Waals surface area contributed by atoms with Crippen molar-refractivity contribution in [3.8, 4) is 17.2 Å². The predicted molar refractivity (Wildman–Crippen MR) is 95.4 cm³/mol. The van der Waals surface area contributed by atoms with E-state index in [0.717, 1.165) is 6.07 Å². The summed E-state index contributed by atoms with van der Waals surface area (Å²) >= 11 is 3.30. The summed E-state index contributed by atoms with van der Waals surface area (Å²) < 4.78 is 10.7. The van der Waals surface area contributed by atoms with Crippen LogP contribution in [-0.2, 0) is 0 Å². The number of phenols is 1. The van der Waals surface area contributed by atoms with Gasteiger partial charge in [-0.05, 0) is 51.8 Å². The summed E-state index contributed by atoms with van der Waals surface area (Å²) in [7, 11) is 2.80. The Morgan fingerprint density at radius 3 is 2.44 bits per heavy atom. The highest BCUT2D eigenvalue weighted by molar-refractivity contribution is 9.10. The molecule has 0 spiro atoms. The molecule has 0 saturated carbocycles. The summed E-state index contributed by atoms with van der Waals surface area (Å²) in [5.74, 6) is -0.305. The lowest BCUT2D eigenvalue weighted by molar-refractivity contribution is -0.386. The number of hydrogen-bond acceptors (Lipinski definition) is 6. The van der Waals surface area contributed by atoms with E-state index < -0.39 is 16.4 Å². The minimum absolute atomic E-state index is 0.0477. The largest absolute Gasteiger partial charge is 0.500 e. The maximum Gasteiger partial charge on any atom is 0.315 e. The summed E-state index contributed by atoms with van der Waals surface area (Å²) in [5, 5.41) is 20.7. The number of aromatic hydroxyl groups is 1. The van der Waals surface area contributed by atoms with Gasteiger partial charge in [0.05, 0.1) is 23.6 Å². The van der Waals surface area contributed by atoms with Crippen LogP contribution in [0.3, 0.4) is 0 Å². The van der Waals surface area contributed by atoms with Crippen molar-refractivity contribution in [1.82, 2.24) is 0 Å². The molecule has 0 heterocycles. The Balaban J connectivity index is 2.32. The molecule has 0 saturated heterocycles. The van der Waals surface area contributed by atoms with Crippen LogP contribution in [0.15, 0.2) is 40.9 Å². The molecule has 2 rings (SSSR count). The van der Waals surface area contributed by atoms with E-state index in [1.807, 2.05) is 0 Å². The van der Waals surface area contributed by atoms with Crippen molar-refractivity contribution in [3.05, 3.63) is 62.1 Å². The molecule has 0 bridgehead atoms. The average molecular weight is 408 g/mol. The molecule has 0 atom stereocenters. The fraction of sp³-hybridized carbons (Fsp3) is 0.118. The fourth-order valence-corrected chi connectivity index (χ4v) is 2.63. The van der Waals surface area contributed by atoms with Gasteiger partial charge in [-0.25, -0.2) is 0 Å². The van der Waals surface area contributed by atoms with Crippen molar-refractivity contribution >= 4 is 33.5 Å². The SMILES string of the molecule is COc1ccc(C(=O)/C=C/c2cc(OC)c(O)c([N+](=O)[O-])c2)cc1Br. The molecule has 2 aromatic carbocycles. The number of phenolic OH excluding ortho intramolecular Hbond substituents is 1. The van der Waals surface area contributed by atoms with Gasteiger partial charge in [-0.2, -0.15) is 0 Å². The average Bonchev–Trinajstić information content (AvgIpc) is 2.60. The molecule has 0 amide bonds. The van der Waals surface area contributed by atoms with Gasteiger partial charge in [0.2, 0.25) is 5.75 Å². The first-order valence-electron chi connectivity index (χ1n) is 6.98. The number of nitrogens with zero attached hydrogens (tertiary/aromatic N) is 1. The van der Waals surface area contributed by atoms with Crippen molar-refractivity contribution in [2.75, 3.05) is 14.2 Å². The van der Waals surface area contributed by atoms with Crippen LogP contribution < -0.4 is 9.47 Å². The van der Waals surface area contributed by atoms with Gasteiger partial charge in [-0.15, -0.1) is 0 Å². The Kier molecular flexibility index (Phi) is 5.76. The highest BCUT2D eigenvalue weighted by Crippen LogP contribution is 2.37. The van der Waals surface area contributed by atoms with Gasteiger partial charge in [-0.1, -0.05) is 6.08 Å². The quantitative estimate of drug-likeness (QED) is 0.336. The lowest BCUT2D eigenvalue weighted by Crippen LogP contribution is -1.96. The molecule has 0 aliphatic rings. The summed E-state index contributed by atoms with van der Waals surface area (Å²) in [5.41, 5.74) is 0.269. The third-order valence-corrected chi connectivity index (χ3v) is 3.98. The molecular formula is C17H14BrNO6. The summed E-state index contributed by atoms with van der Waals surface area (Å²) in [6.07, 6.45) is 2.69. The topological polar surface area (TPSA) is 98.9 Å². The van der Waals surface area contributed by atoms with Crippen LogP contribution in [0.1, 0.15) is 15.9 Å². The Hall–Kier alpha value is -2.87. The Morgan fingerprint density at radius 1 is 1.20 bits per heavy atom. The third-order valence-electron chi connectivity index (χ3n) is 3.36. The maximum atomic E-state index is 12.2. The summed E-state index contributed by atoms with van der Waals surface area (Å²) in [6.45, 7) is 0. The van der Waals surface area contributed by atoms with Gasteiger partial charge in [-0.3, -0.25) is 14.9 Å². The maximum absolute atomic E-state index is 12.2. The van der Waals surface area contributed by atoms with E-state index in [2.05, 4.69) is 15.9 Å². The first-order valence-corrected chi connectivity index (χ1v) is 7.78. The van der Waals surface area contributed by atoms with E-state index in [-0.39, 0.29) is 11.5 Å². The van der Waals surface area contributed by atoms with Crippen molar-refractivity contribution in [2.45, 2.75) is 0 Å². The first-order chi connectivity index (χ1) is 11.9. The van der Waals surface area contributed by atoms with Crippen molar-refractivity contribution in [2.24, 2.45) is 0 Å². The molecule has 1 N–H and O–H groups in total. The molecule has 2 aromatic rings. The molecule has 0 unspecified atom stereocenters. The third kappa shape index (κ3) is 4.16. The van der Waals surface area contributed by atoms with E-state index >= 15 is 0 Å². The van der Waals surface area contributed by atoms with Crippen LogP contribution in [0.25, 0.3) is 6.08 Å². The number of allylic oxidation sites excluding steroid dienone is 1. The van der Waals surface area contributed by atoms with Crippen LogP contribution in [-0.4, -0.2) is 30.0 Å². The van der Waals surface area contributed by atoms with Crippen molar-refractivity contribution in [1.29, 1.82) is 0 Å². The smallest absolute Gasteiger partial charge is 0.315 e. The van der Waals surface area contributed by atoms with Gasteiger partial charge in [0.25, 0.3) is 0 Å². The van der Waals surface area contributed by atoms with Crippen LogP contribution in [0.4, 0.5) is 5.69 Å². The van der Waals surface area contributed by atoms with E-state index in [1.165, 1.54) is 32.4 Å². The van der Waals surface area contributed by atoms with Gasteiger partial charge >= 0.3 is 5.69 Å². The highest BCUT2D eigenvalue weighted by Gasteiger charge is 2.19. The molecule has 0 fully saturated rings. The number of carbonyl (C=O) groups excluding carboxylic acids is 1. The molecular weight excluding hydrogens is 394 g/mol. The van der Waals surface area contributed by atoms with Crippen LogP contribution >= 0.6 is 15.9 Å². The molecule has 8 heteroatoms. The normalized spacial score (nSPS) is 10.7. The zero-order chi connectivity index (χ0) is 18.6. The molecule has 0 aliphatic heterocycles. The Bertz CT molecular complexity index is 862. The number of hydrogen-bond donors (Lipinski definition) is 1. The van der Waals surface area contributed by atoms with Crippen LogP contribution in [0.2, 0.25) is 0 Å². The standard InChI is InChI=1S/C17H14BrNO6/c1-24-15-6-4-11(9-12(15)18)14(20)5-3-10-7-13(19(22)23)17(21)16(8-10)25-2/h3-9,21H,1-2H3/b5-3+. The second kappa shape index (κ2) is 7.80. The molecule has 0 aromatic heterocycles. The number of nitro benzene ring substituents is 1. The summed E-state index contributed by atoms with van der Waals surface area (Å²) in [4.78, 5) is 22.5. The van der Waals surface area contributed by atoms with E-state index in [0.29, 0.717) is 21.3 Å². The monoisotopic (exact) mass is 407 g/mol. The van der Waals surface area contributed by atoms with Gasteiger partial charge < -0.3 is 14.6 Å². The second-order valence-corrected chi connectivity index (χ2v) is 5.75. The lowest BCUT2D eigenvalue weighted by Gasteiger charge is -2.05. The number of rotatable bonds is 6. The number of nitro groups is 1. The lowest BCUT2D eigenvalue weighted by atomic mass is 10.1. The minimum Gasteiger partial charge on any atom is -0.500 e. The minimum atomic E-state index is -0.725.